The molecule has 1 saturated heterocycles. The summed E-state index contributed by atoms with van der Waals surface area (Å²) in [6.45, 7) is 3.21. The van der Waals surface area contributed by atoms with Crippen molar-refractivity contribution in [1.29, 1.82) is 0 Å². The number of fused-ring (bicyclic) bond motifs is 2. The maximum absolute atomic E-state index is 12.5. The first kappa shape index (κ1) is 15.2. The van der Waals surface area contributed by atoms with E-state index in [2.05, 4.69) is 11.6 Å². The highest BCUT2D eigenvalue weighted by atomic mass is 32.2. The van der Waals surface area contributed by atoms with Gasteiger partial charge >= 0.3 is 5.97 Å². The molecule has 3 aliphatic rings. The van der Waals surface area contributed by atoms with Crippen LogP contribution < -0.4 is 4.72 Å². The number of carboxylic acids is 1. The maximum atomic E-state index is 12.5. The van der Waals surface area contributed by atoms with E-state index in [0.717, 1.165) is 32.1 Å². The highest BCUT2D eigenvalue weighted by molar-refractivity contribution is 7.87. The first-order chi connectivity index (χ1) is 9.88. The number of hydrogen-bond acceptors (Lipinski definition) is 3. The van der Waals surface area contributed by atoms with Crippen LogP contribution in [0.15, 0.2) is 0 Å². The van der Waals surface area contributed by atoms with Crippen LogP contribution in [0.1, 0.15) is 39.0 Å². The SMILES string of the molecule is CC1CCN(S(=O)(=O)NC2C3CCC(C3)C2C(=O)O)CC1. The predicted octanol–water partition coefficient (Wildman–Crippen LogP) is 1.05. The molecule has 2 N–H and O–H groups in total. The Balaban J connectivity index is 1.71. The number of carbonyl (C=O) groups is 1. The maximum Gasteiger partial charge on any atom is 0.308 e. The van der Waals surface area contributed by atoms with Crippen molar-refractivity contribution in [3.05, 3.63) is 0 Å². The topological polar surface area (TPSA) is 86.7 Å². The van der Waals surface area contributed by atoms with Crippen LogP contribution in [0.3, 0.4) is 0 Å². The zero-order valence-corrected chi connectivity index (χ0v) is 13.2. The van der Waals surface area contributed by atoms with E-state index in [1.54, 1.807) is 0 Å². The summed E-state index contributed by atoms with van der Waals surface area (Å²) in [7, 11) is -3.56. The Hall–Kier alpha value is -0.660. The molecule has 0 aromatic carbocycles. The van der Waals surface area contributed by atoms with E-state index in [0.29, 0.717) is 19.0 Å². The molecule has 1 heterocycles. The van der Waals surface area contributed by atoms with Crippen molar-refractivity contribution in [2.45, 2.75) is 45.1 Å². The van der Waals surface area contributed by atoms with Crippen LogP contribution in [0, 0.1) is 23.7 Å². The van der Waals surface area contributed by atoms with Gasteiger partial charge < -0.3 is 5.11 Å². The van der Waals surface area contributed by atoms with E-state index in [1.807, 2.05) is 0 Å². The summed E-state index contributed by atoms with van der Waals surface area (Å²) in [6, 6.07) is -0.425. The minimum atomic E-state index is -3.56. The third-order valence-corrected chi connectivity index (χ3v) is 7.18. The standard InChI is InChI=1S/C14H24N2O4S/c1-9-4-6-16(7-5-9)21(19,20)15-13-11-3-2-10(8-11)12(13)14(17)18/h9-13,15H,2-8H2,1H3,(H,17,18). The van der Waals surface area contributed by atoms with Crippen molar-refractivity contribution < 1.29 is 18.3 Å². The fraction of sp³-hybridized carbons (Fsp3) is 0.929. The van der Waals surface area contributed by atoms with Crippen molar-refractivity contribution in [3.63, 3.8) is 0 Å². The van der Waals surface area contributed by atoms with Crippen LogP contribution in [0.25, 0.3) is 0 Å². The van der Waals surface area contributed by atoms with Crippen LogP contribution in [0.4, 0.5) is 0 Å². The molecule has 7 heteroatoms. The Kier molecular flexibility index (Phi) is 4.00. The molecular formula is C14H24N2O4S. The monoisotopic (exact) mass is 316 g/mol. The molecule has 2 bridgehead atoms. The molecule has 0 amide bonds. The molecule has 21 heavy (non-hydrogen) atoms. The number of aliphatic carboxylic acids is 1. The zero-order chi connectivity index (χ0) is 15.2. The second-order valence-corrected chi connectivity index (χ2v) is 8.63. The Morgan fingerprint density at radius 3 is 2.38 bits per heavy atom. The molecule has 120 valence electrons. The summed E-state index contributed by atoms with van der Waals surface area (Å²) in [5, 5.41) is 9.40. The molecule has 1 aliphatic heterocycles. The summed E-state index contributed by atoms with van der Waals surface area (Å²) in [6.07, 6.45) is 4.46. The van der Waals surface area contributed by atoms with Gasteiger partial charge in [-0.25, -0.2) is 0 Å². The number of piperidine rings is 1. The van der Waals surface area contributed by atoms with Gasteiger partial charge in [0.2, 0.25) is 0 Å². The van der Waals surface area contributed by atoms with Gasteiger partial charge in [-0.05, 0) is 49.9 Å². The van der Waals surface area contributed by atoms with Gasteiger partial charge in [0, 0.05) is 19.1 Å². The van der Waals surface area contributed by atoms with Gasteiger partial charge in [-0.2, -0.15) is 17.4 Å². The average Bonchev–Trinajstić information content (AvgIpc) is 2.99. The second-order valence-electron chi connectivity index (χ2n) is 6.93. The smallest absolute Gasteiger partial charge is 0.308 e. The Morgan fingerprint density at radius 1 is 1.14 bits per heavy atom. The van der Waals surface area contributed by atoms with E-state index in [4.69, 9.17) is 0 Å². The van der Waals surface area contributed by atoms with Gasteiger partial charge in [-0.3, -0.25) is 4.79 Å². The fourth-order valence-corrected chi connectivity index (χ4v) is 5.81. The summed E-state index contributed by atoms with van der Waals surface area (Å²) in [4.78, 5) is 11.5. The van der Waals surface area contributed by atoms with E-state index < -0.39 is 28.1 Å². The molecule has 0 aromatic heterocycles. The van der Waals surface area contributed by atoms with Gasteiger partial charge in [0.15, 0.2) is 0 Å². The second kappa shape index (κ2) is 5.52. The quantitative estimate of drug-likeness (QED) is 0.812. The Labute approximate surface area is 126 Å². The minimum absolute atomic E-state index is 0.140. The normalized spacial score (nSPS) is 38.0. The lowest BCUT2D eigenvalue weighted by molar-refractivity contribution is -0.144. The number of nitrogens with zero attached hydrogens (tertiary/aromatic N) is 1. The molecule has 3 rings (SSSR count). The molecule has 2 aliphatic carbocycles. The minimum Gasteiger partial charge on any atom is -0.481 e. The van der Waals surface area contributed by atoms with Crippen LogP contribution >= 0.6 is 0 Å². The van der Waals surface area contributed by atoms with Crippen molar-refractivity contribution in [2.75, 3.05) is 13.1 Å². The zero-order valence-electron chi connectivity index (χ0n) is 12.4. The van der Waals surface area contributed by atoms with E-state index in [1.165, 1.54) is 4.31 Å². The van der Waals surface area contributed by atoms with Crippen LogP contribution in [-0.2, 0) is 15.0 Å². The van der Waals surface area contributed by atoms with Crippen molar-refractivity contribution in [2.24, 2.45) is 23.7 Å². The number of nitrogens with one attached hydrogen (secondary N) is 1. The summed E-state index contributed by atoms with van der Waals surface area (Å²) in [5.41, 5.74) is 0. The lowest BCUT2D eigenvalue weighted by Crippen LogP contribution is -2.53. The first-order valence-corrected chi connectivity index (χ1v) is 9.32. The van der Waals surface area contributed by atoms with Crippen LogP contribution in [0.2, 0.25) is 0 Å². The molecule has 0 spiro atoms. The Morgan fingerprint density at radius 2 is 1.76 bits per heavy atom. The molecule has 4 atom stereocenters. The summed E-state index contributed by atoms with van der Waals surface area (Å²) < 4.78 is 29.2. The highest BCUT2D eigenvalue weighted by Crippen LogP contribution is 2.48. The average molecular weight is 316 g/mol. The van der Waals surface area contributed by atoms with Gasteiger partial charge in [0.05, 0.1) is 5.92 Å². The molecule has 2 saturated carbocycles. The van der Waals surface area contributed by atoms with Crippen LogP contribution in [-0.4, -0.2) is 42.9 Å². The predicted molar refractivity (Wildman–Crippen MR) is 77.8 cm³/mol. The number of hydrogen-bond donors (Lipinski definition) is 2. The number of carboxylic acid groups (broad SMARTS) is 1. The highest BCUT2D eigenvalue weighted by Gasteiger charge is 2.52. The van der Waals surface area contributed by atoms with E-state index in [-0.39, 0.29) is 11.8 Å². The molecule has 0 aromatic rings. The lowest BCUT2D eigenvalue weighted by Gasteiger charge is -2.34. The number of rotatable bonds is 4. The van der Waals surface area contributed by atoms with Gasteiger partial charge in [0.25, 0.3) is 10.2 Å². The van der Waals surface area contributed by atoms with Gasteiger partial charge in [-0.15, -0.1) is 0 Å². The van der Waals surface area contributed by atoms with Crippen LogP contribution in [0.5, 0.6) is 0 Å². The van der Waals surface area contributed by atoms with E-state index >= 15 is 0 Å². The molecular weight excluding hydrogens is 292 g/mol. The Bertz CT molecular complexity index is 513. The van der Waals surface area contributed by atoms with Gasteiger partial charge in [0.1, 0.15) is 0 Å². The van der Waals surface area contributed by atoms with Gasteiger partial charge in [-0.1, -0.05) is 6.92 Å². The summed E-state index contributed by atoms with van der Waals surface area (Å²) in [5.74, 6) is -0.522. The van der Waals surface area contributed by atoms with E-state index in [9.17, 15) is 18.3 Å². The fourth-order valence-electron chi connectivity index (χ4n) is 4.29. The molecule has 0 radical (unpaired) electrons. The molecule has 6 nitrogen and oxygen atoms in total. The summed E-state index contributed by atoms with van der Waals surface area (Å²) >= 11 is 0. The largest absolute Gasteiger partial charge is 0.481 e. The van der Waals surface area contributed by atoms with Crippen molar-refractivity contribution >= 4 is 16.2 Å². The first-order valence-electron chi connectivity index (χ1n) is 7.88. The third kappa shape index (κ3) is 2.83. The molecule has 3 fully saturated rings. The molecule has 4 unspecified atom stereocenters. The van der Waals surface area contributed by atoms with Crippen molar-refractivity contribution in [1.82, 2.24) is 9.03 Å². The third-order valence-electron chi connectivity index (χ3n) is 5.57. The van der Waals surface area contributed by atoms with Crippen molar-refractivity contribution in [3.8, 4) is 0 Å². The lowest BCUT2D eigenvalue weighted by atomic mass is 9.85.